The molecular formula is C13H24ClNO. The first kappa shape index (κ1) is 12.7. The van der Waals surface area contributed by atoms with Gasteiger partial charge in [-0.05, 0) is 38.5 Å². The third kappa shape index (κ3) is 2.39. The smallest absolute Gasteiger partial charge is 0.0707 e. The van der Waals surface area contributed by atoms with E-state index in [2.05, 4.69) is 33.0 Å². The number of ether oxygens (including phenoxy) is 1. The maximum Gasteiger partial charge on any atom is 0.0707 e. The van der Waals surface area contributed by atoms with Crippen LogP contribution in [0.4, 0.5) is 0 Å². The lowest BCUT2D eigenvalue weighted by molar-refractivity contribution is -0.0198. The van der Waals surface area contributed by atoms with Gasteiger partial charge >= 0.3 is 0 Å². The van der Waals surface area contributed by atoms with Crippen molar-refractivity contribution in [3.63, 3.8) is 0 Å². The average Bonchev–Trinajstić information content (AvgIpc) is 2.52. The largest absolute Gasteiger partial charge is 0.371 e. The van der Waals surface area contributed by atoms with Crippen molar-refractivity contribution in [3.05, 3.63) is 0 Å². The number of halogens is 1. The van der Waals surface area contributed by atoms with Crippen LogP contribution in [0.25, 0.3) is 0 Å². The van der Waals surface area contributed by atoms with Gasteiger partial charge in [0.2, 0.25) is 0 Å². The SMILES string of the molecule is CC1(C)CCC(CNC2CC(Cl)C2(C)C)O1. The van der Waals surface area contributed by atoms with Crippen molar-refractivity contribution in [2.24, 2.45) is 5.41 Å². The van der Waals surface area contributed by atoms with Crippen LogP contribution in [0.3, 0.4) is 0 Å². The fraction of sp³-hybridized carbons (Fsp3) is 1.00. The predicted molar refractivity (Wildman–Crippen MR) is 68.0 cm³/mol. The maximum atomic E-state index is 6.20. The topological polar surface area (TPSA) is 21.3 Å². The second kappa shape index (κ2) is 4.15. The van der Waals surface area contributed by atoms with Crippen LogP contribution in [-0.4, -0.2) is 29.7 Å². The van der Waals surface area contributed by atoms with Crippen molar-refractivity contribution in [1.29, 1.82) is 0 Å². The number of hydrogen-bond acceptors (Lipinski definition) is 2. The van der Waals surface area contributed by atoms with E-state index in [1.54, 1.807) is 0 Å². The number of hydrogen-bond donors (Lipinski definition) is 1. The molecule has 2 nitrogen and oxygen atoms in total. The lowest BCUT2D eigenvalue weighted by Crippen LogP contribution is -2.58. The summed E-state index contributed by atoms with van der Waals surface area (Å²) in [5.74, 6) is 0. The second-order valence-electron chi connectivity index (χ2n) is 6.52. The zero-order valence-electron chi connectivity index (χ0n) is 10.8. The van der Waals surface area contributed by atoms with Crippen molar-refractivity contribution in [2.75, 3.05) is 6.54 Å². The Kier molecular flexibility index (Phi) is 3.28. The molecule has 1 aliphatic heterocycles. The van der Waals surface area contributed by atoms with Gasteiger partial charge in [-0.3, -0.25) is 0 Å². The fourth-order valence-corrected chi connectivity index (χ4v) is 3.04. The molecule has 3 unspecified atom stereocenters. The first-order valence-corrected chi connectivity index (χ1v) is 6.80. The normalized spacial score (nSPS) is 40.7. The minimum Gasteiger partial charge on any atom is -0.371 e. The zero-order chi connectivity index (χ0) is 12.0. The molecule has 0 aromatic rings. The molecule has 3 heteroatoms. The van der Waals surface area contributed by atoms with Gasteiger partial charge in [-0.1, -0.05) is 13.8 Å². The Labute approximate surface area is 104 Å². The molecule has 94 valence electrons. The summed E-state index contributed by atoms with van der Waals surface area (Å²) in [4.78, 5) is 0. The Bertz CT molecular complexity index is 265. The van der Waals surface area contributed by atoms with Gasteiger partial charge in [0.25, 0.3) is 0 Å². The Morgan fingerprint density at radius 1 is 1.31 bits per heavy atom. The van der Waals surface area contributed by atoms with Crippen molar-refractivity contribution in [3.8, 4) is 0 Å². The van der Waals surface area contributed by atoms with Gasteiger partial charge in [-0.25, -0.2) is 0 Å². The fourth-order valence-electron chi connectivity index (χ4n) is 2.71. The Hall–Kier alpha value is 0.210. The molecule has 1 heterocycles. The molecule has 1 aliphatic carbocycles. The molecule has 3 atom stereocenters. The van der Waals surface area contributed by atoms with E-state index in [4.69, 9.17) is 16.3 Å². The van der Waals surface area contributed by atoms with E-state index in [0.717, 1.165) is 13.0 Å². The highest BCUT2D eigenvalue weighted by atomic mass is 35.5. The van der Waals surface area contributed by atoms with Gasteiger partial charge in [0.15, 0.2) is 0 Å². The molecule has 0 bridgehead atoms. The minimum absolute atomic E-state index is 0.0799. The first-order chi connectivity index (χ1) is 7.31. The summed E-state index contributed by atoms with van der Waals surface area (Å²) in [7, 11) is 0. The van der Waals surface area contributed by atoms with Gasteiger partial charge in [0, 0.05) is 18.0 Å². The highest BCUT2D eigenvalue weighted by Gasteiger charge is 2.47. The lowest BCUT2D eigenvalue weighted by atomic mass is 9.67. The monoisotopic (exact) mass is 245 g/mol. The molecule has 1 saturated heterocycles. The molecule has 2 aliphatic rings. The summed E-state index contributed by atoms with van der Waals surface area (Å²) < 4.78 is 5.97. The van der Waals surface area contributed by atoms with Gasteiger partial charge in [0.1, 0.15) is 0 Å². The first-order valence-electron chi connectivity index (χ1n) is 6.36. The summed E-state index contributed by atoms with van der Waals surface area (Å²) in [6.45, 7) is 9.81. The van der Waals surface area contributed by atoms with Crippen LogP contribution in [0.15, 0.2) is 0 Å². The van der Waals surface area contributed by atoms with Crippen molar-refractivity contribution in [1.82, 2.24) is 5.32 Å². The summed E-state index contributed by atoms with van der Waals surface area (Å²) >= 11 is 6.20. The molecule has 1 N–H and O–H groups in total. The van der Waals surface area contributed by atoms with Crippen molar-refractivity contribution < 1.29 is 4.74 Å². The van der Waals surface area contributed by atoms with Gasteiger partial charge < -0.3 is 10.1 Å². The Morgan fingerprint density at radius 3 is 2.44 bits per heavy atom. The maximum absolute atomic E-state index is 6.20. The molecular weight excluding hydrogens is 222 g/mol. The molecule has 2 fully saturated rings. The average molecular weight is 246 g/mol. The number of nitrogens with one attached hydrogen (secondary N) is 1. The van der Waals surface area contributed by atoms with Gasteiger partial charge in [-0.15, -0.1) is 11.6 Å². The Morgan fingerprint density at radius 2 is 2.00 bits per heavy atom. The van der Waals surface area contributed by atoms with E-state index in [-0.39, 0.29) is 11.0 Å². The minimum atomic E-state index is 0.0799. The summed E-state index contributed by atoms with van der Waals surface area (Å²) in [5, 5.41) is 3.93. The summed E-state index contributed by atoms with van der Waals surface area (Å²) in [6, 6.07) is 0.558. The van der Waals surface area contributed by atoms with Crippen LogP contribution in [0.2, 0.25) is 0 Å². The van der Waals surface area contributed by atoms with Gasteiger partial charge in [-0.2, -0.15) is 0 Å². The second-order valence-corrected chi connectivity index (χ2v) is 7.05. The standard InChI is InChI=1S/C13H24ClNO/c1-12(2)6-5-9(16-12)8-15-11-7-10(14)13(11,3)4/h9-11,15H,5-8H2,1-4H3. The van der Waals surface area contributed by atoms with Crippen LogP contribution in [0.5, 0.6) is 0 Å². The van der Waals surface area contributed by atoms with E-state index in [0.29, 0.717) is 17.5 Å². The molecule has 0 amide bonds. The van der Waals surface area contributed by atoms with E-state index in [1.807, 2.05) is 0 Å². The van der Waals surface area contributed by atoms with Crippen LogP contribution in [-0.2, 0) is 4.74 Å². The van der Waals surface area contributed by atoms with E-state index in [9.17, 15) is 0 Å². The number of alkyl halides is 1. The van der Waals surface area contributed by atoms with E-state index >= 15 is 0 Å². The Balaban J connectivity index is 1.74. The third-order valence-corrected chi connectivity index (χ3v) is 5.03. The van der Waals surface area contributed by atoms with Crippen molar-refractivity contribution >= 4 is 11.6 Å². The van der Waals surface area contributed by atoms with Crippen molar-refractivity contribution in [2.45, 2.75) is 70.1 Å². The van der Waals surface area contributed by atoms with Crippen LogP contribution >= 0.6 is 11.6 Å². The molecule has 0 radical (unpaired) electrons. The van der Waals surface area contributed by atoms with Crippen LogP contribution in [0.1, 0.15) is 47.0 Å². The molecule has 1 saturated carbocycles. The summed E-state index contributed by atoms with van der Waals surface area (Å²) in [6.07, 6.45) is 3.83. The summed E-state index contributed by atoms with van der Waals surface area (Å²) in [5.41, 5.74) is 0.312. The van der Waals surface area contributed by atoms with E-state index < -0.39 is 0 Å². The number of rotatable bonds is 3. The molecule has 0 spiro atoms. The highest BCUT2D eigenvalue weighted by molar-refractivity contribution is 6.21. The molecule has 16 heavy (non-hydrogen) atoms. The quantitative estimate of drug-likeness (QED) is 0.772. The van der Waals surface area contributed by atoms with Gasteiger partial charge in [0.05, 0.1) is 11.7 Å². The van der Waals surface area contributed by atoms with Crippen LogP contribution < -0.4 is 5.32 Å². The third-order valence-electron chi connectivity index (χ3n) is 4.29. The molecule has 2 rings (SSSR count). The van der Waals surface area contributed by atoms with Crippen LogP contribution in [0, 0.1) is 5.41 Å². The zero-order valence-corrected chi connectivity index (χ0v) is 11.6. The lowest BCUT2D eigenvalue weighted by Gasteiger charge is -2.49. The highest BCUT2D eigenvalue weighted by Crippen LogP contribution is 2.44. The molecule has 0 aromatic carbocycles. The predicted octanol–water partition coefficient (Wildman–Crippen LogP) is 2.94. The van der Waals surface area contributed by atoms with E-state index in [1.165, 1.54) is 12.8 Å². The molecule has 0 aromatic heterocycles.